The molecule has 1 unspecified atom stereocenters. The van der Waals surface area contributed by atoms with Crippen LogP contribution in [0.5, 0.6) is 0 Å². The number of piperazine rings is 2. The molecule has 15 heteroatoms. The number of fused-ring (bicyclic) bond motifs is 1. The van der Waals surface area contributed by atoms with Gasteiger partial charge in [-0.05, 0) is 92.1 Å². The molecule has 4 saturated heterocycles. The Hall–Kier alpha value is -5.58. The summed E-state index contributed by atoms with van der Waals surface area (Å²) in [5.41, 5.74) is 7.45. The minimum absolute atomic E-state index is 0.147. The highest BCUT2D eigenvalue weighted by atomic mass is 19.1. The summed E-state index contributed by atoms with van der Waals surface area (Å²) in [5.74, 6) is 0.281. The molecule has 348 valence electrons. The molecule has 3 amide bonds. The second kappa shape index (κ2) is 20.5. The van der Waals surface area contributed by atoms with Crippen LogP contribution in [0, 0.1) is 11.2 Å². The Balaban J connectivity index is 0.770. The van der Waals surface area contributed by atoms with Gasteiger partial charge in [0.25, 0.3) is 5.91 Å². The lowest BCUT2D eigenvalue weighted by Gasteiger charge is -2.38. The van der Waals surface area contributed by atoms with Gasteiger partial charge in [0.05, 0.1) is 12.3 Å². The highest BCUT2D eigenvalue weighted by Crippen LogP contribution is 2.38. The number of nitrogens with one attached hydrogen (secondary N) is 3. The molecule has 3 aromatic carbocycles. The SMILES string of the molecule is CC(=N)/C(=C1/N=C(c2cccc(CCN3CCN(CCN4CCC(c5cc(F)cc6c5CN(C5CCC(=O)NC5=O)C6=O)CC4)CC3)c2)C=C(N2CCN(CCO)CC2)N1)c1ccccc1. The van der Waals surface area contributed by atoms with Crippen molar-refractivity contribution < 1.29 is 23.9 Å². The Morgan fingerprint density at radius 3 is 2.17 bits per heavy atom. The van der Waals surface area contributed by atoms with E-state index in [0.717, 1.165) is 144 Å². The van der Waals surface area contributed by atoms with Gasteiger partial charge in [-0.25, -0.2) is 9.38 Å². The summed E-state index contributed by atoms with van der Waals surface area (Å²) in [6.07, 6.45) is 5.33. The number of likely N-dealkylation sites (tertiary alicyclic amines) is 1. The summed E-state index contributed by atoms with van der Waals surface area (Å²) in [7, 11) is 0. The smallest absolute Gasteiger partial charge is 0.255 e. The van der Waals surface area contributed by atoms with Crippen LogP contribution >= 0.6 is 0 Å². The van der Waals surface area contributed by atoms with Gasteiger partial charge in [-0.3, -0.25) is 29.5 Å². The van der Waals surface area contributed by atoms with Gasteiger partial charge in [0, 0.05) is 120 Å². The molecule has 6 aliphatic rings. The van der Waals surface area contributed by atoms with E-state index in [9.17, 15) is 23.9 Å². The molecule has 3 aromatic rings. The first-order chi connectivity index (χ1) is 32.1. The summed E-state index contributed by atoms with van der Waals surface area (Å²) in [5, 5.41) is 24.2. The van der Waals surface area contributed by atoms with E-state index >= 15 is 0 Å². The van der Waals surface area contributed by atoms with Crippen molar-refractivity contribution in [3.05, 3.63) is 124 Å². The Morgan fingerprint density at radius 2 is 1.47 bits per heavy atom. The number of nitrogens with zero attached hydrogens (tertiary/aromatic N) is 7. The first-order valence-electron chi connectivity index (χ1n) is 23.8. The molecule has 0 radical (unpaired) electrons. The molecule has 6 aliphatic heterocycles. The average Bonchev–Trinajstić information content (AvgIpc) is 3.65. The molecule has 14 nitrogen and oxygen atoms in total. The highest BCUT2D eigenvalue weighted by molar-refractivity contribution is 6.23. The van der Waals surface area contributed by atoms with E-state index in [0.29, 0.717) is 23.6 Å². The van der Waals surface area contributed by atoms with Gasteiger partial charge in [0.2, 0.25) is 11.8 Å². The normalized spacial score (nSPS) is 22.5. The summed E-state index contributed by atoms with van der Waals surface area (Å²) >= 11 is 0. The number of carbonyl (C=O) groups excluding carboxylic acids is 3. The fourth-order valence-electron chi connectivity index (χ4n) is 10.6. The van der Waals surface area contributed by atoms with Gasteiger partial charge in [0.15, 0.2) is 0 Å². The first-order valence-corrected chi connectivity index (χ1v) is 23.8. The van der Waals surface area contributed by atoms with Gasteiger partial charge in [0.1, 0.15) is 23.5 Å². The maximum absolute atomic E-state index is 15.0. The van der Waals surface area contributed by atoms with Crippen LogP contribution in [0.15, 0.2) is 89.4 Å². The number of piperidine rings is 2. The van der Waals surface area contributed by atoms with Crippen molar-refractivity contribution >= 4 is 34.7 Å². The number of hydrogen-bond donors (Lipinski definition) is 4. The zero-order valence-corrected chi connectivity index (χ0v) is 38.1. The molecule has 9 rings (SSSR count). The highest BCUT2D eigenvalue weighted by Gasteiger charge is 2.41. The third kappa shape index (κ3) is 10.3. The number of aliphatic imine (C=N–C) groups is 1. The van der Waals surface area contributed by atoms with Crippen molar-refractivity contribution in [1.29, 1.82) is 5.41 Å². The summed E-state index contributed by atoms with van der Waals surface area (Å²) in [4.78, 5) is 56.7. The van der Waals surface area contributed by atoms with Crippen LogP contribution in [0.1, 0.15) is 76.7 Å². The maximum atomic E-state index is 15.0. The minimum Gasteiger partial charge on any atom is -0.395 e. The van der Waals surface area contributed by atoms with E-state index in [1.807, 2.05) is 37.3 Å². The Labute approximate surface area is 387 Å². The molecule has 6 heterocycles. The van der Waals surface area contributed by atoms with E-state index in [4.69, 9.17) is 10.4 Å². The van der Waals surface area contributed by atoms with Crippen LogP contribution in [-0.4, -0.2) is 168 Å². The van der Waals surface area contributed by atoms with Gasteiger partial charge < -0.3 is 35.4 Å². The topological polar surface area (TPSA) is 151 Å². The van der Waals surface area contributed by atoms with E-state index < -0.39 is 17.8 Å². The van der Waals surface area contributed by atoms with Crippen LogP contribution in [0.25, 0.3) is 5.57 Å². The average molecular weight is 899 g/mol. The molecular weight excluding hydrogens is 836 g/mol. The van der Waals surface area contributed by atoms with Crippen molar-refractivity contribution in [2.45, 2.75) is 57.5 Å². The maximum Gasteiger partial charge on any atom is 0.255 e. The van der Waals surface area contributed by atoms with Crippen molar-refractivity contribution in [3.8, 4) is 0 Å². The van der Waals surface area contributed by atoms with Crippen LogP contribution in [0.2, 0.25) is 0 Å². The van der Waals surface area contributed by atoms with E-state index in [2.05, 4.69) is 65.5 Å². The number of β-amino-alcohol motifs (C(OH)–C–C–N with tert-alkyl or cyclic N) is 1. The number of halogens is 1. The molecule has 0 saturated carbocycles. The summed E-state index contributed by atoms with van der Waals surface area (Å²) in [6, 6.07) is 21.0. The third-order valence-electron chi connectivity index (χ3n) is 14.4. The molecular formula is C51H63FN10O4. The molecule has 4 N–H and O–H groups in total. The molecule has 0 aromatic heterocycles. The molecule has 0 bridgehead atoms. The molecule has 4 fully saturated rings. The zero-order valence-electron chi connectivity index (χ0n) is 38.1. The number of imide groups is 1. The van der Waals surface area contributed by atoms with E-state index in [-0.39, 0.29) is 43.7 Å². The first kappa shape index (κ1) is 45.6. The quantitative estimate of drug-likeness (QED) is 0.139. The largest absolute Gasteiger partial charge is 0.395 e. The lowest BCUT2D eigenvalue weighted by molar-refractivity contribution is -0.136. The zero-order chi connectivity index (χ0) is 45.7. The van der Waals surface area contributed by atoms with Gasteiger partial charge in [-0.2, -0.15) is 0 Å². The second-order valence-corrected chi connectivity index (χ2v) is 18.6. The van der Waals surface area contributed by atoms with Gasteiger partial charge >= 0.3 is 0 Å². The molecule has 1 atom stereocenters. The molecule has 0 spiro atoms. The Kier molecular flexibility index (Phi) is 14.2. The number of carbonyl (C=O) groups is 3. The third-order valence-corrected chi connectivity index (χ3v) is 14.4. The van der Waals surface area contributed by atoms with Crippen molar-refractivity contribution in [1.82, 2.24) is 40.0 Å². The van der Waals surface area contributed by atoms with Crippen molar-refractivity contribution in [2.75, 3.05) is 98.2 Å². The van der Waals surface area contributed by atoms with E-state index in [1.54, 1.807) is 6.07 Å². The Morgan fingerprint density at radius 1 is 0.788 bits per heavy atom. The van der Waals surface area contributed by atoms with E-state index in [1.165, 1.54) is 16.5 Å². The number of allylic oxidation sites excluding steroid dienone is 2. The summed E-state index contributed by atoms with van der Waals surface area (Å²) < 4.78 is 15.0. The lowest BCUT2D eigenvalue weighted by atomic mass is 9.85. The fourth-order valence-corrected chi connectivity index (χ4v) is 10.6. The minimum atomic E-state index is -0.714. The van der Waals surface area contributed by atoms with Gasteiger partial charge in [-0.1, -0.05) is 48.5 Å². The molecule has 0 aliphatic carbocycles. The lowest BCUT2D eigenvalue weighted by Crippen LogP contribution is -2.52. The van der Waals surface area contributed by atoms with Crippen molar-refractivity contribution in [3.63, 3.8) is 0 Å². The monoisotopic (exact) mass is 899 g/mol. The predicted octanol–water partition coefficient (Wildman–Crippen LogP) is 3.88. The Bertz CT molecular complexity index is 2400. The van der Waals surface area contributed by atoms with Crippen LogP contribution in [-0.2, 0) is 22.6 Å². The number of amides is 3. The number of aliphatic hydroxyl groups is 1. The van der Waals surface area contributed by atoms with Crippen molar-refractivity contribution in [2.24, 2.45) is 4.99 Å². The number of aliphatic hydroxyl groups excluding tert-OH is 1. The molecule has 66 heavy (non-hydrogen) atoms. The predicted molar refractivity (Wildman–Crippen MR) is 254 cm³/mol. The van der Waals surface area contributed by atoms with Crippen LogP contribution < -0.4 is 10.6 Å². The fraction of sp³-hybridized carbons (Fsp3) is 0.471. The number of rotatable bonds is 14. The van der Waals surface area contributed by atoms with Gasteiger partial charge in [-0.15, -0.1) is 0 Å². The number of hydrogen-bond acceptors (Lipinski definition) is 12. The number of benzene rings is 3. The van der Waals surface area contributed by atoms with Crippen LogP contribution in [0.4, 0.5) is 4.39 Å². The second-order valence-electron chi connectivity index (χ2n) is 18.6. The van der Waals surface area contributed by atoms with Crippen LogP contribution in [0.3, 0.4) is 0 Å². The standard InChI is InChI=1S/C51H63FN10O4/c1-35(53)48(38-7-3-2-4-8-38)49-54-44(33-46(55-49)61-26-24-60(25-27-61)28-29-63)39-9-5-6-36(30-39)12-15-58-19-22-59(23-20-58)21-18-57-16-13-37(14-17-57)41-31-40(52)32-42-43(41)34-62(51(42)66)45-10-11-47(64)56-50(45)65/h2-9,30-33,37,45,53,55,63H,10-29,34H2,1H3,(H,56,64,65)/b49-48+,53-35?. The summed E-state index contributed by atoms with van der Waals surface area (Å²) in [6.45, 7) is 15.2.